The minimum absolute atomic E-state index is 0.0967. The molecule has 43 heavy (non-hydrogen) atoms. The van der Waals surface area contributed by atoms with Crippen LogP contribution in [0.5, 0.6) is 0 Å². The van der Waals surface area contributed by atoms with Gasteiger partial charge in [-0.2, -0.15) is 8.42 Å². The Morgan fingerprint density at radius 1 is 1.16 bits per heavy atom. The summed E-state index contributed by atoms with van der Waals surface area (Å²) < 4.78 is 42.9. The smallest absolute Gasteiger partial charge is 0.397 e. The zero-order valence-electron chi connectivity index (χ0n) is 28.1. The van der Waals surface area contributed by atoms with Gasteiger partial charge in [0.15, 0.2) is 0 Å². The summed E-state index contributed by atoms with van der Waals surface area (Å²) in [6.45, 7) is 22.4. The quantitative estimate of drug-likeness (QED) is 0.122. The van der Waals surface area contributed by atoms with Crippen molar-refractivity contribution in [3.63, 3.8) is 0 Å². The Labute approximate surface area is 262 Å². The van der Waals surface area contributed by atoms with E-state index in [1.807, 2.05) is 27.7 Å². The van der Waals surface area contributed by atoms with Crippen LogP contribution in [0.15, 0.2) is 34.9 Å². The third-order valence-corrected chi connectivity index (χ3v) is 10.4. The minimum Gasteiger partial charge on any atom is -0.454 e. The van der Waals surface area contributed by atoms with E-state index in [-0.39, 0.29) is 29.1 Å². The molecular weight excluding hydrogens is 564 g/mol. The van der Waals surface area contributed by atoms with Crippen LogP contribution in [-0.2, 0) is 24.1 Å². The first-order chi connectivity index (χ1) is 20.2. The van der Waals surface area contributed by atoms with E-state index >= 15 is 0 Å². The van der Waals surface area contributed by atoms with Crippen LogP contribution in [0.4, 0.5) is 0 Å². The molecule has 2 N–H and O–H groups in total. The van der Waals surface area contributed by atoms with E-state index in [1.165, 1.54) is 12.5 Å². The van der Waals surface area contributed by atoms with Gasteiger partial charge in [0, 0.05) is 19.3 Å². The third kappa shape index (κ3) is 8.63. The van der Waals surface area contributed by atoms with Crippen LogP contribution in [0.3, 0.4) is 0 Å². The molecule has 2 unspecified atom stereocenters. The van der Waals surface area contributed by atoms with Crippen molar-refractivity contribution in [3.05, 3.63) is 34.9 Å². The Hall–Kier alpha value is -1.92. The summed E-state index contributed by atoms with van der Waals surface area (Å²) in [5, 5.41) is 11.7. The predicted octanol–water partition coefficient (Wildman–Crippen LogP) is 8.01. The maximum Gasteiger partial charge on any atom is 0.397 e. The lowest BCUT2D eigenvalue weighted by Gasteiger charge is -2.55. The summed E-state index contributed by atoms with van der Waals surface area (Å²) in [6.07, 6.45) is 15.3. The van der Waals surface area contributed by atoms with Gasteiger partial charge in [0.1, 0.15) is 5.60 Å². The van der Waals surface area contributed by atoms with Crippen LogP contribution in [0.25, 0.3) is 0 Å². The van der Waals surface area contributed by atoms with Gasteiger partial charge in [0.2, 0.25) is 0 Å². The summed E-state index contributed by atoms with van der Waals surface area (Å²) in [5.74, 6) is 0.638. The van der Waals surface area contributed by atoms with E-state index < -0.39 is 28.2 Å². The number of terminal acetylenes is 1. The van der Waals surface area contributed by atoms with Crippen LogP contribution in [0.1, 0.15) is 120 Å². The highest BCUT2D eigenvalue weighted by Gasteiger charge is 2.59. The number of allylic oxidation sites excluding steroid dienone is 2. The summed E-state index contributed by atoms with van der Waals surface area (Å²) in [5.41, 5.74) is 3.36. The number of esters is 1. The molecule has 0 aliphatic heterocycles. The SMILES string of the molecule is C#C.C=C(CC[C@@H](C)C1CC=C2C3=C([C@@H](O)C[C@@]21OC(C)=O)[C@@]1(C)CC[C@H](OS(=O)(=O)O)CC1CC3)C(C)C.CC.CC. The molecule has 0 radical (unpaired) electrons. The molecule has 0 heterocycles. The molecule has 0 aromatic heterocycles. The molecule has 1 saturated carbocycles. The molecule has 8 heteroatoms. The lowest BCUT2D eigenvalue weighted by molar-refractivity contribution is -0.163. The summed E-state index contributed by atoms with van der Waals surface area (Å²) in [4.78, 5) is 12.4. The maximum atomic E-state index is 12.4. The fraction of sp³-hybridized carbons (Fsp3) is 0.743. The van der Waals surface area contributed by atoms with Gasteiger partial charge in [-0.15, -0.1) is 12.8 Å². The number of rotatable bonds is 8. The first kappa shape index (κ1) is 39.1. The first-order valence-corrected chi connectivity index (χ1v) is 17.5. The van der Waals surface area contributed by atoms with Crippen molar-refractivity contribution < 1.29 is 31.8 Å². The largest absolute Gasteiger partial charge is 0.454 e. The number of carbonyl (C=O) groups is 1. The van der Waals surface area contributed by atoms with Gasteiger partial charge in [-0.05, 0) is 91.3 Å². The molecule has 0 amide bonds. The van der Waals surface area contributed by atoms with E-state index in [2.05, 4.69) is 53.2 Å². The molecule has 0 saturated heterocycles. The van der Waals surface area contributed by atoms with Gasteiger partial charge in [-0.25, -0.2) is 4.18 Å². The van der Waals surface area contributed by atoms with Crippen molar-refractivity contribution in [1.29, 1.82) is 0 Å². The minimum atomic E-state index is -4.50. The average Bonchev–Trinajstić information content (AvgIpc) is 3.31. The van der Waals surface area contributed by atoms with Gasteiger partial charge < -0.3 is 9.84 Å². The number of ether oxygens (including phenoxy) is 1. The standard InChI is InChI=1S/C29H44O7S.2C2H6.C2H2/c1-17(2)18(3)7-8-19(4)24-11-12-25-23-10-9-21-15-22(36-37(32,33)34)13-14-28(21,6)27(23)26(31)16-29(24,25)35-20(5)30;3*1-2/h12,17,19,21-22,24,26,31H,3,7-11,13-16H2,1-2,4-6H3,(H,32,33,34);2*1-2H3;1-2H/t19-,21?,22+,24?,26+,28+,29+;;;/m1.../s1. The molecule has 1 fully saturated rings. The second-order valence-corrected chi connectivity index (χ2v) is 13.5. The van der Waals surface area contributed by atoms with Crippen molar-refractivity contribution in [2.24, 2.45) is 29.1 Å². The lowest BCUT2D eigenvalue weighted by atomic mass is 9.52. The second kappa shape index (κ2) is 16.4. The van der Waals surface area contributed by atoms with Crippen molar-refractivity contribution in [3.8, 4) is 12.8 Å². The third-order valence-electron chi connectivity index (χ3n) is 9.91. The number of aliphatic hydroxyl groups excluding tert-OH is 1. The molecule has 0 bridgehead atoms. The van der Waals surface area contributed by atoms with Gasteiger partial charge in [-0.3, -0.25) is 9.35 Å². The zero-order chi connectivity index (χ0) is 33.3. The van der Waals surface area contributed by atoms with Crippen LogP contribution < -0.4 is 0 Å². The summed E-state index contributed by atoms with van der Waals surface area (Å²) >= 11 is 0. The van der Waals surface area contributed by atoms with Gasteiger partial charge in [-0.1, -0.05) is 73.6 Å². The van der Waals surface area contributed by atoms with Crippen molar-refractivity contribution in [2.75, 3.05) is 0 Å². The second-order valence-electron chi connectivity index (χ2n) is 12.5. The Morgan fingerprint density at radius 2 is 1.77 bits per heavy atom. The maximum absolute atomic E-state index is 12.4. The van der Waals surface area contributed by atoms with Crippen LogP contribution >= 0.6 is 0 Å². The number of hydrogen-bond donors (Lipinski definition) is 2. The fourth-order valence-electron chi connectivity index (χ4n) is 7.93. The first-order valence-electron chi connectivity index (χ1n) is 16.2. The lowest BCUT2D eigenvalue weighted by Crippen LogP contribution is -2.54. The molecule has 7 atom stereocenters. The summed E-state index contributed by atoms with van der Waals surface area (Å²) in [6, 6.07) is 0. The molecule has 0 spiro atoms. The van der Waals surface area contributed by atoms with Crippen molar-refractivity contribution in [2.45, 2.75) is 138 Å². The predicted molar refractivity (Wildman–Crippen MR) is 174 cm³/mol. The normalized spacial score (nSPS) is 31.6. The van der Waals surface area contributed by atoms with Gasteiger partial charge >= 0.3 is 16.4 Å². The van der Waals surface area contributed by atoms with Crippen molar-refractivity contribution in [1.82, 2.24) is 0 Å². The number of aliphatic hydroxyl groups is 1. The molecule has 7 nitrogen and oxygen atoms in total. The molecule has 246 valence electrons. The number of hydrogen-bond acceptors (Lipinski definition) is 6. The Morgan fingerprint density at radius 3 is 2.30 bits per heavy atom. The van der Waals surface area contributed by atoms with Crippen LogP contribution in [0.2, 0.25) is 0 Å². The Bertz CT molecular complexity index is 1150. The molecule has 4 aliphatic rings. The highest BCUT2D eigenvalue weighted by molar-refractivity contribution is 7.80. The molecule has 4 aliphatic carbocycles. The number of fused-ring (bicyclic) bond motifs is 4. The monoisotopic (exact) mass is 622 g/mol. The average molecular weight is 623 g/mol. The van der Waals surface area contributed by atoms with E-state index in [9.17, 15) is 22.9 Å². The zero-order valence-corrected chi connectivity index (χ0v) is 28.9. The van der Waals surface area contributed by atoms with Gasteiger partial charge in [0.05, 0.1) is 12.2 Å². The van der Waals surface area contributed by atoms with E-state index in [4.69, 9.17) is 8.92 Å². The van der Waals surface area contributed by atoms with Gasteiger partial charge in [0.25, 0.3) is 0 Å². The highest BCUT2D eigenvalue weighted by Crippen LogP contribution is 2.62. The summed E-state index contributed by atoms with van der Waals surface area (Å²) in [7, 11) is -4.50. The topological polar surface area (TPSA) is 110 Å². The molecule has 0 aromatic rings. The van der Waals surface area contributed by atoms with Crippen molar-refractivity contribution >= 4 is 16.4 Å². The fourth-order valence-corrected chi connectivity index (χ4v) is 8.45. The highest BCUT2D eigenvalue weighted by atomic mass is 32.3. The Kier molecular flexibility index (Phi) is 14.9. The van der Waals surface area contributed by atoms with Crippen LogP contribution in [0, 0.1) is 41.9 Å². The van der Waals surface area contributed by atoms with Crippen LogP contribution in [-0.4, -0.2) is 41.9 Å². The molecule has 4 rings (SSSR count). The molecule has 0 aromatic carbocycles. The van der Waals surface area contributed by atoms with E-state index in [0.717, 1.165) is 48.8 Å². The Balaban J connectivity index is 0.00000145. The van der Waals surface area contributed by atoms with E-state index in [1.54, 1.807) is 0 Å². The molecular formula is C35H58O7S. The van der Waals surface area contributed by atoms with E-state index in [0.29, 0.717) is 31.6 Å². The number of carbonyl (C=O) groups excluding carboxylic acids is 1.